The number of rotatable bonds is 4. The number of carbonyl (C=O) groups excluding carboxylic acids is 1. The summed E-state index contributed by atoms with van der Waals surface area (Å²) >= 11 is 1.56. The van der Waals surface area contributed by atoms with Crippen molar-refractivity contribution in [1.82, 2.24) is 5.32 Å². The van der Waals surface area contributed by atoms with Crippen molar-refractivity contribution >= 4 is 17.2 Å². The van der Waals surface area contributed by atoms with Crippen molar-refractivity contribution in [2.24, 2.45) is 5.41 Å². The predicted octanol–water partition coefficient (Wildman–Crippen LogP) is 2.83. The van der Waals surface area contributed by atoms with Gasteiger partial charge in [-0.15, -0.1) is 0 Å². The van der Waals surface area contributed by atoms with Crippen molar-refractivity contribution in [3.05, 3.63) is 22.4 Å². The zero-order chi connectivity index (χ0) is 12.6. The van der Waals surface area contributed by atoms with Crippen LogP contribution in [0.3, 0.4) is 0 Å². The lowest BCUT2D eigenvalue weighted by atomic mass is 9.51. The molecule has 0 saturated heterocycles. The SMILES string of the molecule is CCO[C@@H]1C[C@@H](NC(=O)c2ccsc2)C12CCC2. The highest BCUT2D eigenvalue weighted by atomic mass is 32.1. The Kier molecular flexibility index (Phi) is 3.16. The van der Waals surface area contributed by atoms with Gasteiger partial charge in [-0.3, -0.25) is 4.79 Å². The van der Waals surface area contributed by atoms with E-state index in [4.69, 9.17) is 4.74 Å². The highest BCUT2D eigenvalue weighted by Gasteiger charge is 2.59. The molecule has 2 saturated carbocycles. The van der Waals surface area contributed by atoms with Crippen LogP contribution in [0.25, 0.3) is 0 Å². The summed E-state index contributed by atoms with van der Waals surface area (Å²) in [5, 5.41) is 7.03. The van der Waals surface area contributed by atoms with Gasteiger partial charge in [0.25, 0.3) is 5.91 Å². The minimum Gasteiger partial charge on any atom is -0.378 e. The van der Waals surface area contributed by atoms with Crippen LogP contribution < -0.4 is 5.32 Å². The molecule has 0 radical (unpaired) electrons. The fourth-order valence-corrected chi connectivity index (χ4v) is 3.91. The van der Waals surface area contributed by atoms with Crippen molar-refractivity contribution < 1.29 is 9.53 Å². The van der Waals surface area contributed by atoms with E-state index in [2.05, 4.69) is 5.32 Å². The van der Waals surface area contributed by atoms with Gasteiger partial charge in [-0.1, -0.05) is 6.42 Å². The van der Waals surface area contributed by atoms with Gasteiger partial charge in [-0.25, -0.2) is 0 Å². The molecule has 18 heavy (non-hydrogen) atoms. The lowest BCUT2D eigenvalue weighted by molar-refractivity contribution is -0.169. The Hall–Kier alpha value is -0.870. The Morgan fingerprint density at radius 2 is 2.44 bits per heavy atom. The molecule has 1 N–H and O–H groups in total. The quantitative estimate of drug-likeness (QED) is 0.909. The van der Waals surface area contributed by atoms with Crippen LogP contribution in [-0.2, 0) is 4.74 Å². The molecular weight excluding hydrogens is 246 g/mol. The van der Waals surface area contributed by atoms with Crippen molar-refractivity contribution in [1.29, 1.82) is 0 Å². The molecule has 3 nitrogen and oxygen atoms in total. The van der Waals surface area contributed by atoms with Gasteiger partial charge in [0.15, 0.2) is 0 Å². The monoisotopic (exact) mass is 265 g/mol. The lowest BCUT2D eigenvalue weighted by Crippen LogP contribution is -2.67. The molecule has 1 aromatic heterocycles. The molecule has 0 unspecified atom stereocenters. The summed E-state index contributed by atoms with van der Waals surface area (Å²) in [7, 11) is 0. The summed E-state index contributed by atoms with van der Waals surface area (Å²) in [5.74, 6) is 0.0717. The Morgan fingerprint density at radius 1 is 1.61 bits per heavy atom. The number of carbonyl (C=O) groups is 1. The van der Waals surface area contributed by atoms with E-state index < -0.39 is 0 Å². The number of hydrogen-bond donors (Lipinski definition) is 1. The molecule has 2 fully saturated rings. The normalized spacial score (nSPS) is 28.5. The molecule has 1 aromatic rings. The van der Waals surface area contributed by atoms with E-state index >= 15 is 0 Å². The Balaban J connectivity index is 1.63. The molecule has 2 aliphatic rings. The van der Waals surface area contributed by atoms with Crippen LogP contribution in [0.15, 0.2) is 16.8 Å². The van der Waals surface area contributed by atoms with Gasteiger partial charge < -0.3 is 10.1 Å². The summed E-state index contributed by atoms with van der Waals surface area (Å²) in [6, 6.07) is 2.20. The van der Waals surface area contributed by atoms with Crippen molar-refractivity contribution in [2.75, 3.05) is 6.61 Å². The van der Waals surface area contributed by atoms with E-state index in [0.717, 1.165) is 18.6 Å². The summed E-state index contributed by atoms with van der Waals surface area (Å²) in [4.78, 5) is 12.1. The first-order valence-corrected chi connectivity index (χ1v) is 7.65. The van der Waals surface area contributed by atoms with Crippen molar-refractivity contribution in [3.63, 3.8) is 0 Å². The zero-order valence-electron chi connectivity index (χ0n) is 10.6. The summed E-state index contributed by atoms with van der Waals surface area (Å²) in [6.45, 7) is 2.82. The van der Waals surface area contributed by atoms with Crippen LogP contribution in [-0.4, -0.2) is 24.7 Å². The van der Waals surface area contributed by atoms with Crippen LogP contribution >= 0.6 is 11.3 Å². The van der Waals surface area contributed by atoms with Gasteiger partial charge in [0, 0.05) is 29.0 Å². The number of ether oxygens (including phenoxy) is 1. The fraction of sp³-hybridized carbons (Fsp3) is 0.643. The third-order valence-electron chi connectivity index (χ3n) is 4.53. The molecule has 1 amide bonds. The average molecular weight is 265 g/mol. The molecule has 0 aromatic carbocycles. The second-order valence-corrected chi connectivity index (χ2v) is 6.08. The Labute approximate surface area is 112 Å². The Morgan fingerprint density at radius 3 is 3.00 bits per heavy atom. The average Bonchev–Trinajstić information content (AvgIpc) is 2.78. The van der Waals surface area contributed by atoms with E-state index in [9.17, 15) is 4.79 Å². The molecule has 0 bridgehead atoms. The molecule has 1 spiro atoms. The second-order valence-electron chi connectivity index (χ2n) is 5.30. The highest BCUT2D eigenvalue weighted by molar-refractivity contribution is 7.08. The van der Waals surface area contributed by atoms with Crippen LogP contribution in [0.4, 0.5) is 0 Å². The van der Waals surface area contributed by atoms with Crippen LogP contribution in [0.5, 0.6) is 0 Å². The zero-order valence-corrected chi connectivity index (χ0v) is 11.5. The van der Waals surface area contributed by atoms with E-state index in [1.54, 1.807) is 11.3 Å². The van der Waals surface area contributed by atoms with Crippen molar-refractivity contribution in [2.45, 2.75) is 44.8 Å². The maximum atomic E-state index is 12.1. The molecule has 2 aliphatic carbocycles. The van der Waals surface area contributed by atoms with Gasteiger partial charge in [-0.05, 0) is 37.6 Å². The van der Waals surface area contributed by atoms with Gasteiger partial charge >= 0.3 is 0 Å². The standard InChI is InChI=1S/C14H19NO2S/c1-2-17-12-8-11(14(12)5-3-6-14)15-13(16)10-4-7-18-9-10/h4,7,9,11-12H,2-3,5-6,8H2,1H3,(H,15,16)/t11-,12-/m1/s1. The minimum atomic E-state index is 0.0717. The van der Waals surface area contributed by atoms with Gasteiger partial charge in [0.2, 0.25) is 0 Å². The minimum absolute atomic E-state index is 0.0717. The summed E-state index contributed by atoms with van der Waals surface area (Å²) < 4.78 is 5.79. The summed E-state index contributed by atoms with van der Waals surface area (Å²) in [6.07, 6.45) is 5.01. The van der Waals surface area contributed by atoms with E-state index in [0.29, 0.717) is 12.1 Å². The van der Waals surface area contributed by atoms with Crippen molar-refractivity contribution in [3.8, 4) is 0 Å². The second kappa shape index (κ2) is 4.67. The summed E-state index contributed by atoms with van der Waals surface area (Å²) in [5.41, 5.74) is 1.04. The first-order chi connectivity index (χ1) is 8.76. The molecule has 3 rings (SSSR count). The first kappa shape index (κ1) is 12.2. The third kappa shape index (κ3) is 1.79. The molecule has 98 valence electrons. The third-order valence-corrected chi connectivity index (χ3v) is 5.21. The van der Waals surface area contributed by atoms with Gasteiger partial charge in [-0.2, -0.15) is 11.3 Å². The Bertz CT molecular complexity index is 425. The van der Waals surface area contributed by atoms with Crippen LogP contribution in [0.2, 0.25) is 0 Å². The smallest absolute Gasteiger partial charge is 0.252 e. The van der Waals surface area contributed by atoms with Crippen LogP contribution in [0, 0.1) is 5.41 Å². The lowest BCUT2D eigenvalue weighted by Gasteiger charge is -2.61. The van der Waals surface area contributed by atoms with E-state index in [-0.39, 0.29) is 11.3 Å². The van der Waals surface area contributed by atoms with E-state index in [1.807, 2.05) is 23.8 Å². The first-order valence-electron chi connectivity index (χ1n) is 6.71. The molecule has 0 aliphatic heterocycles. The fourth-order valence-electron chi connectivity index (χ4n) is 3.28. The molecule has 1 heterocycles. The number of nitrogens with one attached hydrogen (secondary N) is 1. The van der Waals surface area contributed by atoms with Gasteiger partial charge in [0.1, 0.15) is 0 Å². The topological polar surface area (TPSA) is 38.3 Å². The van der Waals surface area contributed by atoms with E-state index in [1.165, 1.54) is 19.3 Å². The number of hydrogen-bond acceptors (Lipinski definition) is 3. The largest absolute Gasteiger partial charge is 0.378 e. The molecule has 2 atom stereocenters. The van der Waals surface area contributed by atoms with Gasteiger partial charge in [0.05, 0.1) is 6.10 Å². The molecular formula is C14H19NO2S. The van der Waals surface area contributed by atoms with Crippen LogP contribution in [0.1, 0.15) is 43.0 Å². The highest BCUT2D eigenvalue weighted by Crippen LogP contribution is 2.57. The number of amides is 1. The number of thiophene rings is 1. The molecule has 4 heteroatoms. The predicted molar refractivity (Wildman–Crippen MR) is 71.9 cm³/mol. The maximum Gasteiger partial charge on any atom is 0.252 e. The maximum absolute atomic E-state index is 12.1.